The maximum atomic E-state index is 10.0. The van der Waals surface area contributed by atoms with Crippen LogP contribution < -0.4 is 64.0 Å². The molecule has 0 saturated carbocycles. The normalized spacial score (nSPS) is 10.4. The van der Waals surface area contributed by atoms with Crippen LogP contribution in [0.3, 0.4) is 0 Å². The summed E-state index contributed by atoms with van der Waals surface area (Å²) in [5.41, 5.74) is 0. The third-order valence-electron chi connectivity index (χ3n) is 1.25. The standard InChI is InChI=1S/C6H14O3S.2Na.H3O4P/c1-2-3-4-5-6-10(7,8)9;;;1-5(2,3)4/h2-6H2,1H3,(H,7,8,9);;;(H3,1,2,3,4)/q;2*+1;/p-2. The average Bonchev–Trinajstić information content (AvgIpc) is 1.93. The molecule has 2 N–H and O–H groups in total. The van der Waals surface area contributed by atoms with Crippen molar-refractivity contribution in [2.45, 2.75) is 32.6 Å². The van der Waals surface area contributed by atoms with Gasteiger partial charge in [0, 0.05) is 5.75 Å². The Morgan fingerprint density at radius 1 is 1.12 bits per heavy atom. The molecule has 0 fully saturated rings. The molecule has 0 aliphatic heterocycles. The maximum Gasteiger partial charge on any atom is 1.00 e. The molecule has 0 unspecified atom stereocenters. The second kappa shape index (κ2) is 14.4. The minimum atomic E-state index is -4.89. The van der Waals surface area contributed by atoms with Crippen LogP contribution in [0.15, 0.2) is 0 Å². The molecule has 0 aromatic rings. The first kappa shape index (κ1) is 27.4. The second-order valence-corrected chi connectivity index (χ2v) is 5.32. The first-order chi connectivity index (χ1) is 6.56. The van der Waals surface area contributed by atoms with E-state index in [1.807, 2.05) is 6.92 Å². The molecule has 0 aromatic heterocycles. The molecular formula is C6H15Na2O7PS. The van der Waals surface area contributed by atoms with Gasteiger partial charge >= 0.3 is 59.1 Å². The van der Waals surface area contributed by atoms with Crippen LogP contribution in [-0.4, -0.2) is 28.5 Å². The molecule has 94 valence electrons. The smallest absolute Gasteiger partial charge is 0.756 e. The number of hydrogen-bond acceptors (Lipinski definition) is 5. The predicted molar refractivity (Wildman–Crippen MR) is 50.8 cm³/mol. The van der Waals surface area contributed by atoms with Crippen molar-refractivity contribution in [1.82, 2.24) is 0 Å². The van der Waals surface area contributed by atoms with E-state index in [2.05, 4.69) is 0 Å². The molecule has 17 heavy (non-hydrogen) atoms. The fourth-order valence-corrected chi connectivity index (χ4v) is 1.26. The van der Waals surface area contributed by atoms with Crippen molar-refractivity contribution >= 4 is 17.9 Å². The third-order valence-corrected chi connectivity index (χ3v) is 2.04. The van der Waals surface area contributed by atoms with Crippen LogP contribution in [0.1, 0.15) is 32.6 Å². The summed E-state index contributed by atoms with van der Waals surface area (Å²) >= 11 is 0. The maximum absolute atomic E-state index is 10.0. The molecule has 0 atom stereocenters. The van der Waals surface area contributed by atoms with Crippen molar-refractivity contribution in [1.29, 1.82) is 0 Å². The summed E-state index contributed by atoms with van der Waals surface area (Å²) in [6, 6.07) is 0. The molecule has 0 amide bonds. The molecule has 0 saturated heterocycles. The SMILES string of the molecule is CCCCCCS(=O)(=O)[O-].O=P([O-])(O)O.[Na+].[Na+]. The zero-order valence-electron chi connectivity index (χ0n) is 10.3. The largest absolute Gasteiger partial charge is 1.00 e. The molecule has 7 nitrogen and oxygen atoms in total. The summed E-state index contributed by atoms with van der Waals surface area (Å²) < 4.78 is 38.9. The van der Waals surface area contributed by atoms with Crippen LogP contribution in [0, 0.1) is 0 Å². The zero-order valence-corrected chi connectivity index (χ0v) is 16.0. The summed E-state index contributed by atoms with van der Waals surface area (Å²) in [4.78, 5) is 22.9. The summed E-state index contributed by atoms with van der Waals surface area (Å²) in [5.74, 6) is -0.201. The van der Waals surface area contributed by atoms with Gasteiger partial charge in [0.25, 0.3) is 7.82 Å². The van der Waals surface area contributed by atoms with Gasteiger partial charge in [-0.1, -0.05) is 26.2 Å². The van der Waals surface area contributed by atoms with Crippen LogP contribution >= 0.6 is 7.82 Å². The quantitative estimate of drug-likeness (QED) is 0.223. The summed E-state index contributed by atoms with van der Waals surface area (Å²) in [6.45, 7) is 2.03. The molecule has 0 aromatic carbocycles. The molecule has 0 bridgehead atoms. The van der Waals surface area contributed by atoms with Crippen molar-refractivity contribution in [2.24, 2.45) is 0 Å². The van der Waals surface area contributed by atoms with Crippen molar-refractivity contribution in [2.75, 3.05) is 5.75 Å². The Morgan fingerprint density at radius 2 is 1.47 bits per heavy atom. The fraction of sp³-hybridized carbons (Fsp3) is 1.00. The Bertz CT molecular complexity index is 280. The van der Waals surface area contributed by atoms with E-state index in [1.165, 1.54) is 0 Å². The van der Waals surface area contributed by atoms with Gasteiger partial charge in [-0.05, 0) is 6.42 Å². The third kappa shape index (κ3) is 56.8. The van der Waals surface area contributed by atoms with Crippen molar-refractivity contribution in [3.63, 3.8) is 0 Å². The zero-order chi connectivity index (χ0) is 12.5. The Balaban J connectivity index is -0.000000105. The first-order valence-electron chi connectivity index (χ1n) is 4.26. The molecule has 0 radical (unpaired) electrons. The van der Waals surface area contributed by atoms with Crippen LogP contribution in [0.4, 0.5) is 0 Å². The minimum Gasteiger partial charge on any atom is -0.756 e. The van der Waals surface area contributed by atoms with Crippen LogP contribution in [-0.2, 0) is 14.7 Å². The van der Waals surface area contributed by atoms with Crippen LogP contribution in [0.5, 0.6) is 0 Å². The van der Waals surface area contributed by atoms with E-state index in [-0.39, 0.29) is 64.9 Å². The van der Waals surface area contributed by atoms with E-state index < -0.39 is 17.9 Å². The average molecular weight is 308 g/mol. The molecule has 0 aliphatic rings. The summed E-state index contributed by atoms with van der Waals surface area (Å²) in [7, 11) is -8.84. The van der Waals surface area contributed by atoms with Gasteiger partial charge in [0.05, 0.1) is 10.1 Å². The molecule has 0 heterocycles. The van der Waals surface area contributed by atoms with Gasteiger partial charge in [0.2, 0.25) is 0 Å². The molecule has 0 aliphatic carbocycles. The number of unbranched alkanes of at least 4 members (excludes halogenated alkanes) is 3. The number of phosphoric acid groups is 1. The fourth-order valence-electron chi connectivity index (χ4n) is 0.706. The van der Waals surface area contributed by atoms with Crippen molar-refractivity contribution < 1.29 is 91.3 Å². The minimum absolute atomic E-state index is 0. The molecule has 0 spiro atoms. The van der Waals surface area contributed by atoms with E-state index in [1.54, 1.807) is 0 Å². The molecule has 0 rings (SSSR count). The van der Waals surface area contributed by atoms with E-state index in [9.17, 15) is 13.0 Å². The van der Waals surface area contributed by atoms with Gasteiger partial charge in [-0.3, -0.25) is 4.57 Å². The van der Waals surface area contributed by atoms with Gasteiger partial charge in [-0.2, -0.15) is 0 Å². The van der Waals surface area contributed by atoms with E-state index in [4.69, 9.17) is 19.2 Å². The monoisotopic (exact) mass is 308 g/mol. The Labute approximate surface area is 146 Å². The van der Waals surface area contributed by atoms with Crippen LogP contribution in [0.25, 0.3) is 0 Å². The second-order valence-electron chi connectivity index (χ2n) is 2.81. The van der Waals surface area contributed by atoms with Gasteiger partial charge in [-0.25, -0.2) is 8.42 Å². The topological polar surface area (TPSA) is 138 Å². The summed E-state index contributed by atoms with van der Waals surface area (Å²) in [6.07, 6.45) is 3.42. The van der Waals surface area contributed by atoms with Crippen LogP contribution in [0.2, 0.25) is 0 Å². The predicted octanol–water partition coefficient (Wildman–Crippen LogP) is -6.44. The van der Waals surface area contributed by atoms with Gasteiger partial charge in [-0.15, -0.1) is 0 Å². The molecule has 11 heteroatoms. The Hall–Kier alpha value is 2.02. The first-order valence-corrected chi connectivity index (χ1v) is 7.37. The van der Waals surface area contributed by atoms with E-state index in [0.717, 1.165) is 19.3 Å². The van der Waals surface area contributed by atoms with Gasteiger partial charge in [0.1, 0.15) is 0 Å². The number of hydrogen-bond donors (Lipinski definition) is 2. The Kier molecular flexibility index (Phi) is 23.2. The van der Waals surface area contributed by atoms with Crippen molar-refractivity contribution in [3.8, 4) is 0 Å². The van der Waals surface area contributed by atoms with E-state index in [0.29, 0.717) is 6.42 Å². The number of rotatable bonds is 5. The van der Waals surface area contributed by atoms with Gasteiger partial charge < -0.3 is 19.2 Å². The van der Waals surface area contributed by atoms with Gasteiger partial charge in [0.15, 0.2) is 0 Å². The van der Waals surface area contributed by atoms with E-state index >= 15 is 0 Å². The Morgan fingerprint density at radius 3 is 1.71 bits per heavy atom. The van der Waals surface area contributed by atoms with Crippen molar-refractivity contribution in [3.05, 3.63) is 0 Å². The molecular weight excluding hydrogens is 293 g/mol. The summed E-state index contributed by atoms with van der Waals surface area (Å²) in [5, 5.41) is 0.